The summed E-state index contributed by atoms with van der Waals surface area (Å²) in [6, 6.07) is 2.83. The van der Waals surface area contributed by atoms with Crippen LogP contribution in [0.1, 0.15) is 21.0 Å². The maximum absolute atomic E-state index is 11.9. The third-order valence-corrected chi connectivity index (χ3v) is 1.46. The smallest absolute Gasteiger partial charge is 0.456 e. The summed E-state index contributed by atoms with van der Waals surface area (Å²) in [6.45, 7) is 0. The molecule has 1 aromatic heterocycles. The Bertz CT molecular complexity index is 414. The van der Waals surface area contributed by atoms with Crippen molar-refractivity contribution in [1.82, 2.24) is 4.98 Å². The lowest BCUT2D eigenvalue weighted by molar-refractivity contribution is -0.0888. The largest absolute Gasteiger partial charge is 0.477 e. The van der Waals surface area contributed by atoms with Crippen molar-refractivity contribution in [1.29, 1.82) is 0 Å². The minimum atomic E-state index is -5.05. The summed E-state index contributed by atoms with van der Waals surface area (Å²) in [4.78, 5) is 24.1. The van der Waals surface area contributed by atoms with Crippen LogP contribution in [0.2, 0.25) is 0 Å². The van der Waals surface area contributed by atoms with E-state index in [9.17, 15) is 22.8 Å². The number of alkyl halides is 3. The van der Waals surface area contributed by atoms with E-state index in [4.69, 9.17) is 5.11 Å². The van der Waals surface area contributed by atoms with Crippen LogP contribution in [-0.4, -0.2) is 28.0 Å². The number of Topliss-reactive ketones (excluding diaryl/α,β-unsaturated/α-hetero) is 1. The molecule has 15 heavy (non-hydrogen) atoms. The molecule has 0 atom stereocenters. The number of carbonyl (C=O) groups is 2. The van der Waals surface area contributed by atoms with Gasteiger partial charge in [-0.05, 0) is 12.1 Å². The summed E-state index contributed by atoms with van der Waals surface area (Å²) in [7, 11) is 0. The summed E-state index contributed by atoms with van der Waals surface area (Å²) >= 11 is 0. The number of halogens is 3. The molecule has 0 aliphatic carbocycles. The Morgan fingerprint density at radius 2 is 1.73 bits per heavy atom. The first-order valence-corrected chi connectivity index (χ1v) is 3.64. The summed E-state index contributed by atoms with van der Waals surface area (Å²) in [5.41, 5.74) is -1.53. The van der Waals surface area contributed by atoms with E-state index in [2.05, 4.69) is 4.98 Å². The van der Waals surface area contributed by atoms with Gasteiger partial charge in [-0.1, -0.05) is 6.07 Å². The van der Waals surface area contributed by atoms with E-state index in [1.54, 1.807) is 0 Å². The minimum Gasteiger partial charge on any atom is -0.477 e. The van der Waals surface area contributed by atoms with Gasteiger partial charge in [0.15, 0.2) is 0 Å². The van der Waals surface area contributed by atoms with Crippen LogP contribution in [0.25, 0.3) is 0 Å². The zero-order chi connectivity index (χ0) is 11.6. The second-order valence-electron chi connectivity index (χ2n) is 2.54. The second kappa shape index (κ2) is 3.68. The minimum absolute atomic E-state index is 0.606. The van der Waals surface area contributed by atoms with Crippen LogP contribution in [0.5, 0.6) is 0 Å². The highest BCUT2D eigenvalue weighted by atomic mass is 19.4. The van der Waals surface area contributed by atoms with Gasteiger partial charge in [-0.3, -0.25) is 4.79 Å². The Balaban J connectivity index is 3.12. The Hall–Kier alpha value is -1.92. The molecule has 0 aliphatic rings. The molecule has 0 amide bonds. The van der Waals surface area contributed by atoms with Gasteiger partial charge in [-0.15, -0.1) is 0 Å². The molecule has 0 saturated heterocycles. The second-order valence-corrected chi connectivity index (χ2v) is 2.54. The van der Waals surface area contributed by atoms with Gasteiger partial charge in [0, 0.05) is 0 Å². The highest BCUT2D eigenvalue weighted by Gasteiger charge is 2.40. The number of rotatable bonds is 2. The molecule has 80 valence electrons. The van der Waals surface area contributed by atoms with E-state index in [1.165, 1.54) is 0 Å². The Morgan fingerprint density at radius 3 is 2.20 bits per heavy atom. The number of hydrogen-bond donors (Lipinski definition) is 1. The third kappa shape index (κ3) is 2.52. The molecule has 0 aliphatic heterocycles. The Labute approximate surface area is 81.4 Å². The number of carboxylic acid groups (broad SMARTS) is 1. The van der Waals surface area contributed by atoms with E-state index < -0.39 is 29.3 Å². The van der Waals surface area contributed by atoms with Crippen LogP contribution in [0.15, 0.2) is 18.2 Å². The maximum Gasteiger partial charge on any atom is 0.456 e. The van der Waals surface area contributed by atoms with Gasteiger partial charge < -0.3 is 5.11 Å². The number of carboxylic acids is 1. The highest BCUT2D eigenvalue weighted by Crippen LogP contribution is 2.20. The molecule has 0 unspecified atom stereocenters. The van der Waals surface area contributed by atoms with Gasteiger partial charge in [0.25, 0.3) is 5.78 Å². The lowest BCUT2D eigenvalue weighted by atomic mass is 10.2. The number of nitrogens with zero attached hydrogens (tertiary/aromatic N) is 1. The highest BCUT2D eigenvalue weighted by molar-refractivity contribution is 5.99. The molecule has 0 fully saturated rings. The zero-order valence-electron chi connectivity index (χ0n) is 7.08. The van der Waals surface area contributed by atoms with Gasteiger partial charge in [0.1, 0.15) is 11.4 Å². The normalized spacial score (nSPS) is 11.1. The van der Waals surface area contributed by atoms with Crippen LogP contribution < -0.4 is 0 Å². The molecule has 7 heteroatoms. The summed E-state index contributed by atoms with van der Waals surface area (Å²) in [5.74, 6) is -3.66. The van der Waals surface area contributed by atoms with Crippen molar-refractivity contribution in [2.75, 3.05) is 0 Å². The van der Waals surface area contributed by atoms with Crippen LogP contribution >= 0.6 is 0 Å². The Morgan fingerprint density at radius 1 is 1.20 bits per heavy atom. The SMILES string of the molecule is O=C(O)c1cccc(C(=O)C(F)(F)F)n1. The van der Waals surface area contributed by atoms with Crippen molar-refractivity contribution in [3.63, 3.8) is 0 Å². The van der Waals surface area contributed by atoms with Crippen molar-refractivity contribution in [3.8, 4) is 0 Å². The van der Waals surface area contributed by atoms with Gasteiger partial charge >= 0.3 is 12.1 Å². The molecule has 0 aromatic carbocycles. The maximum atomic E-state index is 11.9. The monoisotopic (exact) mass is 219 g/mol. The standard InChI is InChI=1S/C8H4F3NO3/c9-8(10,11)6(13)4-2-1-3-5(12-4)7(14)15/h1-3H,(H,14,15). The average molecular weight is 219 g/mol. The fourth-order valence-corrected chi connectivity index (χ4v) is 0.825. The van der Waals surface area contributed by atoms with Crippen molar-refractivity contribution in [3.05, 3.63) is 29.6 Å². The van der Waals surface area contributed by atoms with Crippen LogP contribution in [0.3, 0.4) is 0 Å². The molecule has 0 radical (unpaired) electrons. The first-order chi connectivity index (χ1) is 6.82. The zero-order valence-corrected chi connectivity index (χ0v) is 7.08. The Kier molecular flexibility index (Phi) is 2.74. The number of hydrogen-bond acceptors (Lipinski definition) is 3. The number of ketones is 1. The quantitative estimate of drug-likeness (QED) is 0.766. The predicted molar refractivity (Wildman–Crippen MR) is 41.6 cm³/mol. The van der Waals surface area contributed by atoms with Gasteiger partial charge in [-0.25, -0.2) is 9.78 Å². The molecular weight excluding hydrogens is 215 g/mol. The summed E-state index contributed by atoms with van der Waals surface area (Å²) < 4.78 is 35.8. The predicted octanol–water partition coefficient (Wildman–Crippen LogP) is 1.52. The van der Waals surface area contributed by atoms with Crippen LogP contribution in [0.4, 0.5) is 13.2 Å². The molecule has 1 rings (SSSR count). The van der Waals surface area contributed by atoms with Crippen LogP contribution in [0, 0.1) is 0 Å². The van der Waals surface area contributed by atoms with E-state index in [0.717, 1.165) is 18.2 Å². The lowest BCUT2D eigenvalue weighted by Crippen LogP contribution is -2.24. The van der Waals surface area contributed by atoms with Crippen molar-refractivity contribution in [2.45, 2.75) is 6.18 Å². The summed E-state index contributed by atoms with van der Waals surface area (Å²) in [5, 5.41) is 8.44. The van der Waals surface area contributed by atoms with E-state index >= 15 is 0 Å². The topological polar surface area (TPSA) is 67.3 Å². The number of aromatic carboxylic acids is 1. The first-order valence-electron chi connectivity index (χ1n) is 3.64. The first kappa shape index (κ1) is 11.2. The molecule has 1 aromatic rings. The summed E-state index contributed by atoms with van der Waals surface area (Å²) in [6.07, 6.45) is -5.05. The van der Waals surface area contributed by atoms with E-state index in [-0.39, 0.29) is 0 Å². The van der Waals surface area contributed by atoms with Crippen molar-refractivity contribution >= 4 is 11.8 Å². The third-order valence-electron chi connectivity index (χ3n) is 1.46. The van der Waals surface area contributed by atoms with E-state index in [1.807, 2.05) is 0 Å². The molecule has 0 spiro atoms. The molecule has 1 heterocycles. The number of pyridine rings is 1. The molecule has 4 nitrogen and oxygen atoms in total. The molecular formula is C8H4F3NO3. The fraction of sp³-hybridized carbons (Fsp3) is 0.125. The van der Waals surface area contributed by atoms with Crippen molar-refractivity contribution in [2.24, 2.45) is 0 Å². The van der Waals surface area contributed by atoms with Crippen molar-refractivity contribution < 1.29 is 27.9 Å². The molecule has 1 N–H and O–H groups in total. The van der Waals surface area contributed by atoms with E-state index in [0.29, 0.717) is 0 Å². The van der Waals surface area contributed by atoms with Gasteiger partial charge in [0.05, 0.1) is 0 Å². The van der Waals surface area contributed by atoms with Gasteiger partial charge in [-0.2, -0.15) is 13.2 Å². The van der Waals surface area contributed by atoms with Crippen LogP contribution in [-0.2, 0) is 0 Å². The van der Waals surface area contributed by atoms with Gasteiger partial charge in [0.2, 0.25) is 0 Å². The average Bonchev–Trinajstić information content (AvgIpc) is 2.15. The molecule has 0 saturated carbocycles. The lowest BCUT2D eigenvalue weighted by Gasteiger charge is -2.04. The fourth-order valence-electron chi connectivity index (χ4n) is 0.825. The number of carbonyl (C=O) groups excluding carboxylic acids is 1. The molecule has 0 bridgehead atoms. The number of aromatic nitrogens is 1.